The number of nitrogen functional groups attached to an aromatic ring is 1. The Morgan fingerprint density at radius 1 is 1.24 bits per heavy atom. The van der Waals surface area contributed by atoms with Crippen LogP contribution in [0.4, 0.5) is 23.1 Å². The van der Waals surface area contributed by atoms with Gasteiger partial charge in [0, 0.05) is 42.1 Å². The predicted octanol–water partition coefficient (Wildman–Crippen LogP) is 3.33. The normalized spacial score (nSPS) is 18.0. The van der Waals surface area contributed by atoms with E-state index in [4.69, 9.17) is 27.3 Å². The van der Waals surface area contributed by atoms with Crippen LogP contribution in [-0.2, 0) is 17.6 Å². The summed E-state index contributed by atoms with van der Waals surface area (Å²) in [7, 11) is 1.70. The number of nitrogens with one attached hydrogen (secondary N) is 2. The molecule has 1 atom stereocenters. The highest BCUT2D eigenvalue weighted by molar-refractivity contribution is 6.31. The van der Waals surface area contributed by atoms with Gasteiger partial charge in [-0.1, -0.05) is 11.6 Å². The molecule has 9 heteroatoms. The van der Waals surface area contributed by atoms with Crippen molar-refractivity contribution < 1.29 is 4.79 Å². The van der Waals surface area contributed by atoms with Gasteiger partial charge in [-0.2, -0.15) is 4.98 Å². The van der Waals surface area contributed by atoms with Gasteiger partial charge in [-0.05, 0) is 50.3 Å². The fourth-order valence-corrected chi connectivity index (χ4v) is 4.37. The molecule has 1 aliphatic carbocycles. The van der Waals surface area contributed by atoms with Crippen LogP contribution in [0.1, 0.15) is 30.5 Å². The molecule has 2 aliphatic rings. The van der Waals surface area contributed by atoms with Crippen LogP contribution in [-0.4, -0.2) is 36.0 Å². The molecule has 0 saturated carbocycles. The minimum atomic E-state index is -0.00472. The van der Waals surface area contributed by atoms with Crippen LogP contribution in [0.25, 0.3) is 0 Å². The minimum Gasteiger partial charge on any atom is -0.399 e. The number of anilines is 4. The Kier molecular flexibility index (Phi) is 6.70. The standard InChI is InChI=1S/C20H25ClN6O.ClH/c1-23-19(28)12-4-3-7-27(11-12)18-16-5-2-6-17(16)25-20(26-18)24-15-9-13(21)8-14(22)10-15;/h8-10,12H,2-7,11,22H2,1H3,(H,23,28)(H,24,25,26);1H/t12-;/m1./s1. The number of hydrogen-bond acceptors (Lipinski definition) is 6. The minimum absolute atomic E-state index is 0. The van der Waals surface area contributed by atoms with Gasteiger partial charge in [0.2, 0.25) is 11.9 Å². The molecule has 1 aliphatic heterocycles. The maximum atomic E-state index is 12.1. The average Bonchev–Trinajstić information content (AvgIpc) is 3.14. The van der Waals surface area contributed by atoms with E-state index >= 15 is 0 Å². The molecule has 4 N–H and O–H groups in total. The number of carbonyl (C=O) groups excluding carboxylic acids is 1. The molecule has 1 aromatic heterocycles. The first-order chi connectivity index (χ1) is 13.5. The van der Waals surface area contributed by atoms with Crippen molar-refractivity contribution in [3.05, 3.63) is 34.5 Å². The Bertz CT molecular complexity index is 887. The molecule has 2 heterocycles. The van der Waals surface area contributed by atoms with Crippen molar-refractivity contribution in [3.63, 3.8) is 0 Å². The van der Waals surface area contributed by atoms with Crippen molar-refractivity contribution in [3.8, 4) is 0 Å². The van der Waals surface area contributed by atoms with Crippen molar-refractivity contribution in [1.29, 1.82) is 0 Å². The van der Waals surface area contributed by atoms with Crippen molar-refractivity contribution in [2.75, 3.05) is 36.1 Å². The Morgan fingerprint density at radius 2 is 2.07 bits per heavy atom. The molecule has 1 fully saturated rings. The molecule has 29 heavy (non-hydrogen) atoms. The lowest BCUT2D eigenvalue weighted by molar-refractivity contribution is -0.124. The first kappa shape index (κ1) is 21.5. The summed E-state index contributed by atoms with van der Waals surface area (Å²) in [6.07, 6.45) is 4.90. The molecule has 0 spiro atoms. The zero-order valence-electron chi connectivity index (χ0n) is 16.4. The van der Waals surface area contributed by atoms with Gasteiger partial charge in [-0.25, -0.2) is 4.98 Å². The van der Waals surface area contributed by atoms with Crippen molar-refractivity contribution in [1.82, 2.24) is 15.3 Å². The number of rotatable bonds is 4. The van der Waals surface area contributed by atoms with Gasteiger partial charge in [-0.15, -0.1) is 12.4 Å². The quantitative estimate of drug-likeness (QED) is 0.635. The number of piperidine rings is 1. The Morgan fingerprint density at radius 3 is 2.83 bits per heavy atom. The maximum absolute atomic E-state index is 12.1. The Balaban J connectivity index is 0.00000240. The second-order valence-electron chi connectivity index (χ2n) is 7.45. The summed E-state index contributed by atoms with van der Waals surface area (Å²) in [6, 6.07) is 5.32. The summed E-state index contributed by atoms with van der Waals surface area (Å²) in [5, 5.41) is 6.59. The monoisotopic (exact) mass is 436 g/mol. The Hall–Kier alpha value is -2.25. The van der Waals surface area contributed by atoms with Gasteiger partial charge in [0.05, 0.1) is 11.6 Å². The van der Waals surface area contributed by atoms with Gasteiger partial charge in [0.1, 0.15) is 5.82 Å². The number of nitrogens with two attached hydrogens (primary N) is 1. The first-order valence-electron chi connectivity index (χ1n) is 9.73. The van der Waals surface area contributed by atoms with E-state index in [9.17, 15) is 4.79 Å². The number of hydrogen-bond donors (Lipinski definition) is 3. The van der Waals surface area contributed by atoms with Gasteiger partial charge >= 0.3 is 0 Å². The van der Waals surface area contributed by atoms with E-state index in [0.717, 1.165) is 55.8 Å². The SMILES string of the molecule is CNC(=O)[C@@H]1CCCN(c2nc(Nc3cc(N)cc(Cl)c3)nc3c2CCC3)C1.Cl. The van der Waals surface area contributed by atoms with Gasteiger partial charge < -0.3 is 21.3 Å². The summed E-state index contributed by atoms with van der Waals surface area (Å²) in [4.78, 5) is 23.9. The molecular formula is C20H26Cl2N6O. The first-order valence-corrected chi connectivity index (χ1v) is 10.1. The number of fused-ring (bicyclic) bond motifs is 1. The van der Waals surface area contributed by atoms with Crippen LogP contribution in [0.2, 0.25) is 5.02 Å². The van der Waals surface area contributed by atoms with E-state index in [2.05, 4.69) is 15.5 Å². The van der Waals surface area contributed by atoms with Crippen molar-refractivity contribution in [2.24, 2.45) is 5.92 Å². The smallest absolute Gasteiger partial charge is 0.229 e. The summed E-state index contributed by atoms with van der Waals surface area (Å²) >= 11 is 6.12. The highest BCUT2D eigenvalue weighted by Crippen LogP contribution is 2.33. The average molecular weight is 437 g/mol. The number of amides is 1. The number of aromatic nitrogens is 2. The third-order valence-electron chi connectivity index (χ3n) is 5.43. The number of benzene rings is 1. The second-order valence-corrected chi connectivity index (χ2v) is 7.88. The van der Waals surface area contributed by atoms with Crippen LogP contribution >= 0.6 is 24.0 Å². The van der Waals surface area contributed by atoms with E-state index < -0.39 is 0 Å². The van der Waals surface area contributed by atoms with Crippen LogP contribution < -0.4 is 21.3 Å². The summed E-state index contributed by atoms with van der Waals surface area (Å²) in [5.41, 5.74) is 9.54. The molecule has 1 aromatic carbocycles. The molecular weight excluding hydrogens is 411 g/mol. The molecule has 1 amide bonds. The topological polar surface area (TPSA) is 96.2 Å². The zero-order chi connectivity index (χ0) is 19.7. The number of carbonyl (C=O) groups is 1. The highest BCUT2D eigenvalue weighted by Gasteiger charge is 2.29. The molecule has 2 aromatic rings. The van der Waals surface area contributed by atoms with E-state index in [1.807, 2.05) is 6.07 Å². The molecule has 0 radical (unpaired) electrons. The van der Waals surface area contributed by atoms with Crippen LogP contribution in [0.15, 0.2) is 18.2 Å². The third-order valence-corrected chi connectivity index (χ3v) is 5.64. The lowest BCUT2D eigenvalue weighted by Gasteiger charge is -2.34. The van der Waals surface area contributed by atoms with Crippen LogP contribution in [0, 0.1) is 5.92 Å². The number of nitrogens with zero attached hydrogens (tertiary/aromatic N) is 3. The lowest BCUT2D eigenvalue weighted by Crippen LogP contribution is -2.43. The third kappa shape index (κ3) is 4.67. The van der Waals surface area contributed by atoms with Crippen molar-refractivity contribution in [2.45, 2.75) is 32.1 Å². The largest absolute Gasteiger partial charge is 0.399 e. The summed E-state index contributed by atoms with van der Waals surface area (Å²) in [5.74, 6) is 1.59. The van der Waals surface area contributed by atoms with Gasteiger partial charge in [0.25, 0.3) is 0 Å². The van der Waals surface area contributed by atoms with E-state index in [0.29, 0.717) is 23.2 Å². The second kappa shape index (κ2) is 9.05. The molecule has 156 valence electrons. The number of aryl methyl sites for hydroxylation is 1. The van der Waals surface area contributed by atoms with E-state index in [1.165, 1.54) is 5.56 Å². The molecule has 0 bridgehead atoms. The summed E-state index contributed by atoms with van der Waals surface area (Å²) in [6.45, 7) is 1.59. The van der Waals surface area contributed by atoms with Crippen molar-refractivity contribution >= 4 is 53.1 Å². The fraction of sp³-hybridized carbons (Fsp3) is 0.450. The molecule has 4 rings (SSSR count). The zero-order valence-corrected chi connectivity index (χ0v) is 17.9. The molecule has 1 saturated heterocycles. The summed E-state index contributed by atoms with van der Waals surface area (Å²) < 4.78 is 0. The van der Waals surface area contributed by atoms with Crippen LogP contribution in [0.3, 0.4) is 0 Å². The number of halogens is 2. The van der Waals surface area contributed by atoms with Gasteiger partial charge in [-0.3, -0.25) is 4.79 Å². The Labute approximate surface area is 181 Å². The molecule has 0 unspecified atom stereocenters. The fourth-order valence-electron chi connectivity index (χ4n) is 4.13. The maximum Gasteiger partial charge on any atom is 0.229 e. The van der Waals surface area contributed by atoms with Crippen LogP contribution in [0.5, 0.6) is 0 Å². The lowest BCUT2D eigenvalue weighted by atomic mass is 9.97. The molecule has 7 nitrogen and oxygen atoms in total. The van der Waals surface area contributed by atoms with E-state index in [1.54, 1.807) is 19.2 Å². The predicted molar refractivity (Wildman–Crippen MR) is 119 cm³/mol. The van der Waals surface area contributed by atoms with Gasteiger partial charge in [0.15, 0.2) is 0 Å². The highest BCUT2D eigenvalue weighted by atomic mass is 35.5. The van der Waals surface area contributed by atoms with E-state index in [-0.39, 0.29) is 24.2 Å².